The van der Waals surface area contributed by atoms with E-state index < -0.39 is 17.2 Å². The van der Waals surface area contributed by atoms with E-state index in [1.807, 2.05) is 69.2 Å². The predicted molar refractivity (Wildman–Crippen MR) is 118 cm³/mol. The summed E-state index contributed by atoms with van der Waals surface area (Å²) in [5, 5.41) is 10.2. The first-order valence-electron chi connectivity index (χ1n) is 9.60. The lowest BCUT2D eigenvalue weighted by molar-refractivity contribution is 0.0775. The van der Waals surface area contributed by atoms with E-state index in [2.05, 4.69) is 9.97 Å². The van der Waals surface area contributed by atoms with Crippen LogP contribution in [0.5, 0.6) is 5.75 Å². The Morgan fingerprint density at radius 3 is 2.43 bits per heavy atom. The molecule has 2 N–H and O–H groups in total. The van der Waals surface area contributed by atoms with Crippen molar-refractivity contribution < 1.29 is 9.90 Å². The lowest BCUT2D eigenvalue weighted by Gasteiger charge is -2.19. The third-order valence-electron chi connectivity index (χ3n) is 5.08. The van der Waals surface area contributed by atoms with Crippen LogP contribution in [0.1, 0.15) is 27.2 Å². The highest BCUT2D eigenvalue weighted by Gasteiger charge is 2.23. The van der Waals surface area contributed by atoms with E-state index in [9.17, 15) is 14.7 Å². The number of aromatic hydroxyl groups is 1. The van der Waals surface area contributed by atoms with Gasteiger partial charge in [0.15, 0.2) is 5.69 Å². The van der Waals surface area contributed by atoms with Crippen molar-refractivity contribution in [3.8, 4) is 17.1 Å². The second-order valence-corrected chi connectivity index (χ2v) is 7.60. The zero-order valence-electron chi connectivity index (χ0n) is 17.9. The average molecular weight is 406 g/mol. The number of aromatic amines is 1. The van der Waals surface area contributed by atoms with E-state index in [1.54, 1.807) is 13.1 Å². The minimum atomic E-state index is -0.753. The van der Waals surface area contributed by atoms with Gasteiger partial charge in [-0.15, -0.1) is 0 Å². The minimum absolute atomic E-state index is 0.227. The Hall–Kier alpha value is -3.61. The van der Waals surface area contributed by atoms with Crippen molar-refractivity contribution in [3.63, 3.8) is 0 Å². The predicted octanol–water partition coefficient (Wildman–Crippen LogP) is 3.10. The molecule has 0 spiro atoms. The van der Waals surface area contributed by atoms with Gasteiger partial charge in [-0.2, -0.15) is 0 Å². The number of hydrogen-bond donors (Lipinski definition) is 2. The molecule has 0 saturated carbocycles. The number of hydrogen-bond acceptors (Lipinski definition) is 5. The first-order chi connectivity index (χ1) is 14.2. The summed E-state index contributed by atoms with van der Waals surface area (Å²) < 4.78 is 0. The Kier molecular flexibility index (Phi) is 5.91. The molecule has 1 aromatic heterocycles. The fourth-order valence-electron chi connectivity index (χ4n) is 3.24. The molecule has 0 bridgehead atoms. The second kappa shape index (κ2) is 8.41. The molecule has 0 aliphatic heterocycles. The summed E-state index contributed by atoms with van der Waals surface area (Å²) in [6, 6.07) is 13.4. The van der Waals surface area contributed by atoms with Crippen molar-refractivity contribution in [1.82, 2.24) is 14.9 Å². The number of benzene rings is 2. The van der Waals surface area contributed by atoms with Gasteiger partial charge in [-0.25, -0.2) is 4.98 Å². The average Bonchev–Trinajstić information content (AvgIpc) is 2.72. The van der Waals surface area contributed by atoms with Gasteiger partial charge in [0.05, 0.1) is 0 Å². The van der Waals surface area contributed by atoms with Crippen LogP contribution in [0.3, 0.4) is 0 Å². The fraction of sp³-hybridized carbons (Fsp3) is 0.261. The number of nitrogens with zero attached hydrogens (tertiary/aromatic N) is 3. The van der Waals surface area contributed by atoms with Gasteiger partial charge in [-0.05, 0) is 42.7 Å². The van der Waals surface area contributed by atoms with Crippen LogP contribution in [-0.2, 0) is 6.54 Å². The van der Waals surface area contributed by atoms with E-state index in [1.165, 1.54) is 10.5 Å². The van der Waals surface area contributed by atoms with Gasteiger partial charge in [0, 0.05) is 38.9 Å². The first kappa shape index (κ1) is 21.1. The van der Waals surface area contributed by atoms with Crippen LogP contribution in [0.15, 0.2) is 47.3 Å². The van der Waals surface area contributed by atoms with Gasteiger partial charge in [-0.3, -0.25) is 9.59 Å². The summed E-state index contributed by atoms with van der Waals surface area (Å²) >= 11 is 0. The van der Waals surface area contributed by atoms with Crippen LogP contribution >= 0.6 is 0 Å². The zero-order valence-corrected chi connectivity index (χ0v) is 17.9. The molecule has 0 aliphatic rings. The molecule has 0 unspecified atom stereocenters. The van der Waals surface area contributed by atoms with Gasteiger partial charge in [0.25, 0.3) is 11.5 Å². The third-order valence-corrected chi connectivity index (χ3v) is 5.08. The maximum atomic E-state index is 13.0. The molecule has 0 saturated heterocycles. The van der Waals surface area contributed by atoms with Crippen LogP contribution in [0.25, 0.3) is 11.4 Å². The quantitative estimate of drug-likeness (QED) is 0.680. The maximum absolute atomic E-state index is 13.0. The molecule has 7 heteroatoms. The summed E-state index contributed by atoms with van der Waals surface area (Å²) in [7, 11) is 5.37. The highest BCUT2D eigenvalue weighted by molar-refractivity contribution is 5.95. The monoisotopic (exact) mass is 406 g/mol. The van der Waals surface area contributed by atoms with Gasteiger partial charge < -0.3 is 19.9 Å². The van der Waals surface area contributed by atoms with Crippen molar-refractivity contribution in [2.75, 3.05) is 26.0 Å². The second-order valence-electron chi connectivity index (χ2n) is 7.60. The summed E-state index contributed by atoms with van der Waals surface area (Å²) in [6.45, 7) is 4.37. The van der Waals surface area contributed by atoms with Gasteiger partial charge in [0.1, 0.15) is 5.82 Å². The van der Waals surface area contributed by atoms with Crippen molar-refractivity contribution >= 4 is 11.6 Å². The summed E-state index contributed by atoms with van der Waals surface area (Å²) in [5.74, 6) is -0.983. The first-order valence-corrected chi connectivity index (χ1v) is 9.60. The number of para-hydroxylation sites is 1. The van der Waals surface area contributed by atoms with E-state index in [-0.39, 0.29) is 11.5 Å². The lowest BCUT2D eigenvalue weighted by atomic mass is 10.1. The Balaban J connectivity index is 1.98. The number of nitrogens with one attached hydrogen (secondary N) is 1. The number of aromatic nitrogens is 2. The molecule has 1 heterocycles. The Bertz CT molecular complexity index is 1150. The van der Waals surface area contributed by atoms with E-state index in [4.69, 9.17) is 0 Å². The van der Waals surface area contributed by atoms with Crippen molar-refractivity contribution in [1.29, 1.82) is 0 Å². The summed E-state index contributed by atoms with van der Waals surface area (Å²) in [6.07, 6.45) is 0. The number of aryl methyl sites for hydroxylation is 2. The number of carbonyl (C=O) groups is 1. The van der Waals surface area contributed by atoms with Crippen molar-refractivity contribution in [2.45, 2.75) is 20.4 Å². The number of carbonyl (C=O) groups excluding carboxylic acids is 1. The molecule has 3 aromatic rings. The molecule has 156 valence electrons. The number of anilines is 1. The fourth-order valence-corrected chi connectivity index (χ4v) is 3.24. The van der Waals surface area contributed by atoms with Crippen molar-refractivity contribution in [2.24, 2.45) is 0 Å². The maximum Gasteiger partial charge on any atom is 0.294 e. The molecular formula is C23H26N4O3. The Morgan fingerprint density at radius 2 is 1.77 bits per heavy atom. The van der Waals surface area contributed by atoms with E-state index in [0.717, 1.165) is 16.8 Å². The summed E-state index contributed by atoms with van der Waals surface area (Å²) in [5.41, 5.74) is 3.72. The normalized spacial score (nSPS) is 10.7. The van der Waals surface area contributed by atoms with Gasteiger partial charge in [-0.1, -0.05) is 30.3 Å². The molecular weight excluding hydrogens is 380 g/mol. The molecule has 2 aromatic carbocycles. The van der Waals surface area contributed by atoms with Crippen LogP contribution in [-0.4, -0.2) is 47.0 Å². The highest BCUT2D eigenvalue weighted by atomic mass is 16.3. The number of rotatable bonds is 5. The molecule has 0 atom stereocenters. The molecule has 1 amide bonds. The topological polar surface area (TPSA) is 89.5 Å². The highest BCUT2D eigenvalue weighted by Crippen LogP contribution is 2.27. The molecule has 0 radical (unpaired) electrons. The Morgan fingerprint density at radius 1 is 1.07 bits per heavy atom. The van der Waals surface area contributed by atoms with Crippen LogP contribution < -0.4 is 10.5 Å². The SMILES string of the molecule is Cc1ccc(CN(C)C(=O)c2nc(-c3ccccc3N(C)C)[nH]c(=O)c2O)cc1C. The molecule has 7 nitrogen and oxygen atoms in total. The molecule has 3 rings (SSSR count). The van der Waals surface area contributed by atoms with Crippen molar-refractivity contribution in [3.05, 3.63) is 75.2 Å². The Labute approximate surface area is 175 Å². The number of amides is 1. The van der Waals surface area contributed by atoms with Gasteiger partial charge >= 0.3 is 0 Å². The van der Waals surface area contributed by atoms with Crippen LogP contribution in [0.2, 0.25) is 0 Å². The number of H-pyrrole nitrogens is 1. The lowest BCUT2D eigenvalue weighted by Crippen LogP contribution is -2.29. The standard InChI is InChI=1S/C23H26N4O3/c1-14-10-11-16(12-15(14)2)13-27(5)23(30)19-20(28)22(29)25-21(24-19)17-8-6-7-9-18(17)26(3)4/h6-12,28H,13H2,1-5H3,(H,24,25,29). The van der Waals surface area contributed by atoms with E-state index >= 15 is 0 Å². The molecule has 30 heavy (non-hydrogen) atoms. The van der Waals surface area contributed by atoms with Gasteiger partial charge in [0.2, 0.25) is 5.75 Å². The summed E-state index contributed by atoms with van der Waals surface area (Å²) in [4.78, 5) is 35.6. The third kappa shape index (κ3) is 4.20. The van der Waals surface area contributed by atoms with Crippen LogP contribution in [0, 0.1) is 13.8 Å². The minimum Gasteiger partial charge on any atom is -0.501 e. The van der Waals surface area contributed by atoms with E-state index in [0.29, 0.717) is 12.1 Å². The van der Waals surface area contributed by atoms with Crippen LogP contribution in [0.4, 0.5) is 5.69 Å². The smallest absolute Gasteiger partial charge is 0.294 e. The molecule has 0 fully saturated rings. The molecule has 0 aliphatic carbocycles. The largest absolute Gasteiger partial charge is 0.501 e. The zero-order chi connectivity index (χ0) is 22.0.